The molecule has 0 amide bonds. The first-order chi connectivity index (χ1) is 10.3. The zero-order valence-corrected chi connectivity index (χ0v) is 12.9. The van der Waals surface area contributed by atoms with Gasteiger partial charge in [0.25, 0.3) is 0 Å². The molecule has 22 heavy (non-hydrogen) atoms. The van der Waals surface area contributed by atoms with Gasteiger partial charge in [-0.05, 0) is 24.2 Å². The summed E-state index contributed by atoms with van der Waals surface area (Å²) in [4.78, 5) is 15.1. The average Bonchev–Trinajstić information content (AvgIpc) is 2.38. The molecule has 1 aliphatic carbocycles. The molecule has 1 heterocycles. The third kappa shape index (κ3) is 4.64. The molecule has 8 heteroatoms. The molecule has 1 unspecified atom stereocenters. The summed E-state index contributed by atoms with van der Waals surface area (Å²) in [5, 5.41) is 9.70. The molecule has 3 nitrogen and oxygen atoms in total. The number of thioether (sulfide) groups is 1. The molecule has 0 bridgehead atoms. The van der Waals surface area contributed by atoms with Gasteiger partial charge in [-0.15, -0.1) is 11.8 Å². The van der Waals surface area contributed by atoms with Gasteiger partial charge in [-0.3, -0.25) is 4.79 Å². The van der Waals surface area contributed by atoms with E-state index in [1.54, 1.807) is 0 Å². The van der Waals surface area contributed by atoms with Crippen molar-refractivity contribution < 1.29 is 23.1 Å². The minimum absolute atomic E-state index is 0.0395. The van der Waals surface area contributed by atoms with E-state index < -0.39 is 11.7 Å². The van der Waals surface area contributed by atoms with Crippen LogP contribution < -0.4 is 0 Å². The van der Waals surface area contributed by atoms with Gasteiger partial charge in [-0.2, -0.15) is 13.2 Å². The monoisotopic (exact) mass is 351 g/mol. The molecule has 0 saturated carbocycles. The maximum atomic E-state index is 12.5. The Kier molecular flexibility index (Phi) is 5.39. The number of hydrogen-bond donors (Lipinski definition) is 1. The Labute approximate surface area is 134 Å². The van der Waals surface area contributed by atoms with Crippen molar-refractivity contribution in [2.45, 2.75) is 30.5 Å². The van der Waals surface area contributed by atoms with Gasteiger partial charge in [0.2, 0.25) is 0 Å². The first-order valence-corrected chi connectivity index (χ1v) is 7.90. The number of nitrogens with zero attached hydrogens (tertiary/aromatic N) is 1. The summed E-state index contributed by atoms with van der Waals surface area (Å²) in [5.74, 6) is 0.572. The van der Waals surface area contributed by atoms with Gasteiger partial charge in [0, 0.05) is 25.1 Å². The topological polar surface area (TPSA) is 50.2 Å². The van der Waals surface area contributed by atoms with Crippen LogP contribution in [0.2, 0.25) is 5.02 Å². The largest absolute Gasteiger partial charge is 0.512 e. The predicted molar refractivity (Wildman–Crippen MR) is 78.0 cm³/mol. The van der Waals surface area contributed by atoms with E-state index in [9.17, 15) is 23.1 Å². The third-order valence-corrected chi connectivity index (χ3v) is 4.65. The lowest BCUT2D eigenvalue weighted by atomic mass is 9.90. The van der Waals surface area contributed by atoms with Crippen LogP contribution in [-0.4, -0.2) is 21.6 Å². The lowest BCUT2D eigenvalue weighted by Crippen LogP contribution is -2.14. The molecule has 0 fully saturated rings. The quantitative estimate of drug-likeness (QED) is 0.802. The number of carbonyl (C=O) groups is 1. The second kappa shape index (κ2) is 6.91. The van der Waals surface area contributed by atoms with Crippen LogP contribution in [0.15, 0.2) is 29.1 Å². The van der Waals surface area contributed by atoms with Crippen molar-refractivity contribution in [3.05, 3.63) is 34.7 Å². The van der Waals surface area contributed by atoms with E-state index in [-0.39, 0.29) is 22.5 Å². The Morgan fingerprint density at radius 1 is 1.41 bits per heavy atom. The van der Waals surface area contributed by atoms with Gasteiger partial charge in [0.05, 0.1) is 16.3 Å². The minimum atomic E-state index is -4.47. The summed E-state index contributed by atoms with van der Waals surface area (Å²) in [7, 11) is 0. The number of allylic oxidation sites excluding steroid dienone is 2. The first kappa shape index (κ1) is 17.1. The Morgan fingerprint density at radius 2 is 2.14 bits per heavy atom. The Morgan fingerprint density at radius 3 is 2.73 bits per heavy atom. The number of alkyl halides is 3. The van der Waals surface area contributed by atoms with Gasteiger partial charge >= 0.3 is 6.18 Å². The number of carbonyl (C=O) groups excluding carboxylic acids is 1. The summed E-state index contributed by atoms with van der Waals surface area (Å²) in [6.07, 6.45) is -1.01. The Hall–Kier alpha value is -1.21. The second-order valence-corrected chi connectivity index (χ2v) is 6.51. The lowest BCUT2D eigenvalue weighted by Gasteiger charge is -2.18. The SMILES string of the molecule is O=C1C=C(O)CC(CCSc2ncc(C(F)(F)F)cc2Cl)C1. The highest BCUT2D eigenvalue weighted by Gasteiger charge is 2.31. The number of aliphatic hydroxyl groups excluding tert-OH is 1. The van der Waals surface area contributed by atoms with Gasteiger partial charge in [-0.25, -0.2) is 4.98 Å². The highest BCUT2D eigenvalue weighted by atomic mass is 35.5. The van der Waals surface area contributed by atoms with Crippen LogP contribution in [0.1, 0.15) is 24.8 Å². The number of aromatic nitrogens is 1. The molecular formula is C14H13ClF3NO2S. The van der Waals surface area contributed by atoms with Crippen LogP contribution in [0, 0.1) is 5.92 Å². The summed E-state index contributed by atoms with van der Waals surface area (Å²) in [6.45, 7) is 0. The fraction of sp³-hybridized carbons (Fsp3) is 0.429. The number of pyridine rings is 1. The molecule has 0 aromatic carbocycles. The second-order valence-electron chi connectivity index (χ2n) is 5.02. The molecule has 2 rings (SSSR count). The van der Waals surface area contributed by atoms with Crippen molar-refractivity contribution in [1.29, 1.82) is 0 Å². The maximum absolute atomic E-state index is 12.5. The molecule has 0 spiro atoms. The molecule has 1 aromatic rings. The van der Waals surface area contributed by atoms with Crippen molar-refractivity contribution in [3.63, 3.8) is 0 Å². The van der Waals surface area contributed by atoms with Crippen LogP contribution in [0.4, 0.5) is 13.2 Å². The van der Waals surface area contributed by atoms with E-state index in [1.165, 1.54) is 17.8 Å². The van der Waals surface area contributed by atoms with Crippen LogP contribution in [-0.2, 0) is 11.0 Å². The summed E-state index contributed by atoms with van der Waals surface area (Å²) in [5.41, 5.74) is -0.880. The third-order valence-electron chi connectivity index (χ3n) is 3.21. The van der Waals surface area contributed by atoms with Crippen molar-refractivity contribution in [2.75, 3.05) is 5.75 Å². The van der Waals surface area contributed by atoms with E-state index in [2.05, 4.69) is 4.98 Å². The molecule has 1 N–H and O–H groups in total. The van der Waals surface area contributed by atoms with Crippen molar-refractivity contribution in [1.82, 2.24) is 4.98 Å². The molecule has 0 radical (unpaired) electrons. The van der Waals surface area contributed by atoms with Gasteiger partial charge in [-0.1, -0.05) is 11.6 Å². The zero-order valence-electron chi connectivity index (χ0n) is 11.4. The molecule has 1 aliphatic rings. The number of halogens is 4. The van der Waals surface area contributed by atoms with E-state index >= 15 is 0 Å². The Bertz CT molecular complexity index is 604. The van der Waals surface area contributed by atoms with Gasteiger partial charge < -0.3 is 5.11 Å². The zero-order chi connectivity index (χ0) is 16.3. The minimum Gasteiger partial charge on any atom is -0.512 e. The predicted octanol–water partition coefficient (Wildman–Crippen LogP) is 4.66. The highest BCUT2D eigenvalue weighted by molar-refractivity contribution is 7.99. The first-order valence-electron chi connectivity index (χ1n) is 6.53. The van der Waals surface area contributed by atoms with Crippen LogP contribution in [0.5, 0.6) is 0 Å². The maximum Gasteiger partial charge on any atom is 0.417 e. The van der Waals surface area contributed by atoms with E-state index in [4.69, 9.17) is 11.6 Å². The number of ketones is 1. The highest BCUT2D eigenvalue weighted by Crippen LogP contribution is 2.34. The van der Waals surface area contributed by atoms with Gasteiger partial charge in [0.15, 0.2) is 5.78 Å². The fourth-order valence-corrected chi connectivity index (χ4v) is 3.47. The van der Waals surface area contributed by atoms with Crippen molar-refractivity contribution in [2.24, 2.45) is 5.92 Å². The summed E-state index contributed by atoms with van der Waals surface area (Å²) >= 11 is 7.06. The van der Waals surface area contributed by atoms with E-state index in [1.807, 2.05) is 0 Å². The van der Waals surface area contributed by atoms with Crippen LogP contribution in [0.3, 0.4) is 0 Å². The molecular weight excluding hydrogens is 339 g/mol. The number of rotatable bonds is 4. The molecule has 120 valence electrons. The van der Waals surface area contributed by atoms with E-state index in [0.717, 1.165) is 12.3 Å². The summed E-state index contributed by atoms with van der Waals surface area (Å²) in [6, 6.07) is 0.857. The van der Waals surface area contributed by atoms with Crippen molar-refractivity contribution in [3.8, 4) is 0 Å². The van der Waals surface area contributed by atoms with Crippen molar-refractivity contribution >= 4 is 29.1 Å². The molecule has 1 atom stereocenters. The fourth-order valence-electron chi connectivity index (χ4n) is 2.17. The van der Waals surface area contributed by atoms with E-state index in [0.29, 0.717) is 30.0 Å². The molecule has 1 aromatic heterocycles. The van der Waals surface area contributed by atoms with Crippen LogP contribution >= 0.6 is 23.4 Å². The Balaban J connectivity index is 1.90. The number of aliphatic hydroxyl groups is 1. The normalized spacial score (nSPS) is 19.2. The lowest BCUT2D eigenvalue weighted by molar-refractivity contribution is -0.137. The van der Waals surface area contributed by atoms with Gasteiger partial charge in [0.1, 0.15) is 5.03 Å². The smallest absolute Gasteiger partial charge is 0.417 e. The standard InChI is InChI=1S/C14H13ClF3NO2S/c15-12-5-9(14(16,17)18)7-19-13(12)22-2-1-8-3-10(20)6-11(21)4-8/h5-8,20H,1-4H2. The average molecular weight is 352 g/mol. The van der Waals surface area contributed by atoms with Crippen LogP contribution in [0.25, 0.3) is 0 Å². The number of hydrogen-bond acceptors (Lipinski definition) is 4. The summed E-state index contributed by atoms with van der Waals surface area (Å²) < 4.78 is 37.5. The molecule has 0 saturated heterocycles. The molecule has 0 aliphatic heterocycles.